The van der Waals surface area contributed by atoms with Gasteiger partial charge in [0, 0.05) is 0 Å². The maximum absolute atomic E-state index is 11.5. The third kappa shape index (κ3) is 3.27. The highest BCUT2D eigenvalue weighted by molar-refractivity contribution is 5.94. The summed E-state index contributed by atoms with van der Waals surface area (Å²) in [7, 11) is 0. The van der Waals surface area contributed by atoms with Crippen molar-refractivity contribution in [3.8, 4) is 0 Å². The van der Waals surface area contributed by atoms with E-state index in [-0.39, 0.29) is 5.76 Å². The molecule has 1 aromatic heterocycles. The number of carboxylic acids is 1. The van der Waals surface area contributed by atoms with E-state index in [2.05, 4.69) is 11.9 Å². The third-order valence-corrected chi connectivity index (χ3v) is 2.01. The third-order valence-electron chi connectivity index (χ3n) is 2.01. The van der Waals surface area contributed by atoms with Crippen molar-refractivity contribution in [2.45, 2.75) is 18.9 Å². The van der Waals surface area contributed by atoms with Crippen LogP contribution in [-0.4, -0.2) is 23.0 Å². The lowest BCUT2D eigenvalue weighted by molar-refractivity contribution is -0.139. The lowest BCUT2D eigenvalue weighted by atomic mass is 10.1. The van der Waals surface area contributed by atoms with Gasteiger partial charge in [-0.1, -0.05) is 6.08 Å². The number of aliphatic carboxylic acids is 1. The molecule has 0 aliphatic carbocycles. The fraction of sp³-hybridized carbons (Fsp3) is 0.273. The van der Waals surface area contributed by atoms with Crippen LogP contribution >= 0.6 is 0 Å². The van der Waals surface area contributed by atoms with Crippen molar-refractivity contribution in [1.29, 1.82) is 0 Å². The molecule has 1 unspecified atom stereocenters. The minimum atomic E-state index is -1.07. The van der Waals surface area contributed by atoms with Gasteiger partial charge in [-0.3, -0.25) is 4.79 Å². The molecule has 1 heterocycles. The number of hydrogen-bond acceptors (Lipinski definition) is 3. The van der Waals surface area contributed by atoms with Crippen LogP contribution in [0.3, 0.4) is 0 Å². The summed E-state index contributed by atoms with van der Waals surface area (Å²) in [5.41, 5.74) is 0. The molecule has 0 fully saturated rings. The van der Waals surface area contributed by atoms with E-state index in [0.717, 1.165) is 0 Å². The van der Waals surface area contributed by atoms with Crippen LogP contribution in [0.1, 0.15) is 23.4 Å². The molecule has 2 N–H and O–H groups in total. The molecule has 0 aliphatic rings. The number of amides is 1. The fourth-order valence-electron chi connectivity index (χ4n) is 1.18. The summed E-state index contributed by atoms with van der Waals surface area (Å²) < 4.78 is 4.86. The Bertz CT molecular complexity index is 369. The van der Waals surface area contributed by atoms with Crippen LogP contribution in [0.4, 0.5) is 0 Å². The summed E-state index contributed by atoms with van der Waals surface area (Å²) in [5, 5.41) is 11.2. The van der Waals surface area contributed by atoms with E-state index < -0.39 is 17.9 Å². The van der Waals surface area contributed by atoms with Gasteiger partial charge in [-0.2, -0.15) is 0 Å². The SMILES string of the molecule is C=CCCC(NC(=O)c1ccco1)C(=O)O. The standard InChI is InChI=1S/C11H13NO4/c1-2-3-5-8(11(14)15)12-10(13)9-6-4-7-16-9/h2,4,6-8H,1,3,5H2,(H,12,13)(H,14,15). The molecule has 1 aromatic rings. The second-order valence-corrected chi connectivity index (χ2v) is 3.21. The van der Waals surface area contributed by atoms with Gasteiger partial charge >= 0.3 is 5.97 Å². The Kier molecular flexibility index (Phi) is 4.32. The van der Waals surface area contributed by atoms with E-state index in [0.29, 0.717) is 12.8 Å². The zero-order chi connectivity index (χ0) is 12.0. The quantitative estimate of drug-likeness (QED) is 0.715. The summed E-state index contributed by atoms with van der Waals surface area (Å²) in [5.74, 6) is -1.49. The summed E-state index contributed by atoms with van der Waals surface area (Å²) in [6.45, 7) is 3.50. The highest BCUT2D eigenvalue weighted by Gasteiger charge is 2.20. The zero-order valence-electron chi connectivity index (χ0n) is 8.68. The molecular weight excluding hydrogens is 210 g/mol. The Balaban J connectivity index is 2.58. The molecule has 0 bridgehead atoms. The van der Waals surface area contributed by atoms with E-state index in [9.17, 15) is 9.59 Å². The highest BCUT2D eigenvalue weighted by Crippen LogP contribution is 2.03. The van der Waals surface area contributed by atoms with Crippen molar-refractivity contribution in [2.75, 3.05) is 0 Å². The van der Waals surface area contributed by atoms with Gasteiger partial charge in [-0.05, 0) is 25.0 Å². The Morgan fingerprint density at radius 2 is 2.38 bits per heavy atom. The molecule has 1 atom stereocenters. The average molecular weight is 223 g/mol. The van der Waals surface area contributed by atoms with E-state index in [1.165, 1.54) is 12.3 Å². The number of nitrogens with one attached hydrogen (secondary N) is 1. The first-order chi connectivity index (χ1) is 7.65. The molecule has 1 rings (SSSR count). The molecule has 1 amide bonds. The van der Waals surface area contributed by atoms with Gasteiger partial charge in [-0.15, -0.1) is 6.58 Å². The lowest BCUT2D eigenvalue weighted by Crippen LogP contribution is -2.40. The lowest BCUT2D eigenvalue weighted by Gasteiger charge is -2.12. The summed E-state index contributed by atoms with van der Waals surface area (Å²) in [6, 6.07) is 2.12. The highest BCUT2D eigenvalue weighted by atomic mass is 16.4. The van der Waals surface area contributed by atoms with Crippen LogP contribution in [0.25, 0.3) is 0 Å². The van der Waals surface area contributed by atoms with Crippen molar-refractivity contribution in [3.63, 3.8) is 0 Å². The van der Waals surface area contributed by atoms with E-state index >= 15 is 0 Å². The van der Waals surface area contributed by atoms with Gasteiger partial charge in [0.15, 0.2) is 5.76 Å². The summed E-state index contributed by atoms with van der Waals surface area (Å²) >= 11 is 0. The minimum absolute atomic E-state index is 0.102. The first-order valence-corrected chi connectivity index (χ1v) is 4.83. The number of carboxylic acid groups (broad SMARTS) is 1. The molecule has 0 spiro atoms. The molecule has 86 valence electrons. The molecule has 5 nitrogen and oxygen atoms in total. The predicted octanol–water partition coefficient (Wildman–Crippen LogP) is 1.43. The predicted molar refractivity (Wildman–Crippen MR) is 57.0 cm³/mol. The number of furan rings is 1. The van der Waals surface area contributed by atoms with Crippen molar-refractivity contribution in [2.24, 2.45) is 0 Å². The number of carbonyl (C=O) groups is 2. The fourth-order valence-corrected chi connectivity index (χ4v) is 1.18. The van der Waals surface area contributed by atoms with Gasteiger partial charge < -0.3 is 14.8 Å². The van der Waals surface area contributed by atoms with E-state index in [1.807, 2.05) is 0 Å². The minimum Gasteiger partial charge on any atom is -0.480 e. The van der Waals surface area contributed by atoms with Crippen LogP contribution < -0.4 is 5.32 Å². The van der Waals surface area contributed by atoms with Gasteiger partial charge in [0.25, 0.3) is 5.91 Å². The first kappa shape index (κ1) is 12.0. The van der Waals surface area contributed by atoms with Gasteiger partial charge in [0.2, 0.25) is 0 Å². The van der Waals surface area contributed by atoms with Crippen LogP contribution in [0.15, 0.2) is 35.5 Å². The average Bonchev–Trinajstić information content (AvgIpc) is 2.76. The maximum atomic E-state index is 11.5. The molecule has 0 aromatic carbocycles. The number of carbonyl (C=O) groups excluding carboxylic acids is 1. The Morgan fingerprint density at radius 3 is 2.88 bits per heavy atom. The number of allylic oxidation sites excluding steroid dienone is 1. The molecule has 0 saturated carbocycles. The maximum Gasteiger partial charge on any atom is 0.326 e. The Labute approximate surface area is 92.8 Å². The normalized spacial score (nSPS) is 11.8. The van der Waals surface area contributed by atoms with Crippen LogP contribution in [0.5, 0.6) is 0 Å². The van der Waals surface area contributed by atoms with Crippen LogP contribution in [0, 0.1) is 0 Å². The molecule has 0 radical (unpaired) electrons. The van der Waals surface area contributed by atoms with E-state index in [1.54, 1.807) is 12.1 Å². The number of hydrogen-bond donors (Lipinski definition) is 2. The van der Waals surface area contributed by atoms with Crippen molar-refractivity contribution >= 4 is 11.9 Å². The van der Waals surface area contributed by atoms with Gasteiger partial charge in [0.1, 0.15) is 6.04 Å². The molecule has 5 heteroatoms. The van der Waals surface area contributed by atoms with Crippen molar-refractivity contribution in [1.82, 2.24) is 5.32 Å². The Hall–Kier alpha value is -2.04. The summed E-state index contributed by atoms with van der Waals surface area (Å²) in [4.78, 5) is 22.3. The topological polar surface area (TPSA) is 79.5 Å². The molecule has 0 aliphatic heterocycles. The van der Waals surface area contributed by atoms with Gasteiger partial charge in [0.05, 0.1) is 6.26 Å². The monoisotopic (exact) mass is 223 g/mol. The number of rotatable bonds is 6. The van der Waals surface area contributed by atoms with E-state index in [4.69, 9.17) is 9.52 Å². The molecule has 16 heavy (non-hydrogen) atoms. The molecule has 0 saturated heterocycles. The first-order valence-electron chi connectivity index (χ1n) is 4.83. The smallest absolute Gasteiger partial charge is 0.326 e. The van der Waals surface area contributed by atoms with Crippen molar-refractivity contribution in [3.05, 3.63) is 36.8 Å². The van der Waals surface area contributed by atoms with Gasteiger partial charge in [-0.25, -0.2) is 4.79 Å². The second-order valence-electron chi connectivity index (χ2n) is 3.21. The second kappa shape index (κ2) is 5.75. The van der Waals surface area contributed by atoms with Crippen molar-refractivity contribution < 1.29 is 19.1 Å². The zero-order valence-corrected chi connectivity index (χ0v) is 8.68. The van der Waals surface area contributed by atoms with Crippen LogP contribution in [-0.2, 0) is 4.79 Å². The van der Waals surface area contributed by atoms with Crippen LogP contribution in [0.2, 0.25) is 0 Å². The summed E-state index contributed by atoms with van der Waals surface area (Å²) in [6.07, 6.45) is 3.80. The largest absolute Gasteiger partial charge is 0.480 e. The Morgan fingerprint density at radius 1 is 1.62 bits per heavy atom. The molecular formula is C11H13NO4.